The molecule has 3 heteroatoms. The minimum atomic E-state index is -3.52. The lowest BCUT2D eigenvalue weighted by Gasteiger charge is -2.06. The Labute approximate surface area is 121 Å². The van der Waals surface area contributed by atoms with Gasteiger partial charge in [0, 0.05) is 6.92 Å². The van der Waals surface area contributed by atoms with Crippen LogP contribution in [0.15, 0.2) is 34.9 Å². The molecule has 0 amide bonds. The van der Waals surface area contributed by atoms with Crippen molar-refractivity contribution in [1.29, 1.82) is 0 Å². The molecule has 0 aromatic rings. The van der Waals surface area contributed by atoms with Gasteiger partial charge in [-0.15, -0.1) is 0 Å². The fourth-order valence-corrected chi connectivity index (χ4v) is 1.64. The van der Waals surface area contributed by atoms with Crippen LogP contribution in [0.5, 0.6) is 0 Å². The second kappa shape index (κ2) is 8.83. The van der Waals surface area contributed by atoms with E-state index in [9.17, 15) is 13.6 Å². The summed E-state index contributed by atoms with van der Waals surface area (Å²) >= 11 is 0. The number of halogens is 2. The molecule has 20 heavy (non-hydrogen) atoms. The van der Waals surface area contributed by atoms with Crippen LogP contribution in [-0.2, 0) is 4.79 Å². The van der Waals surface area contributed by atoms with Crippen molar-refractivity contribution in [3.63, 3.8) is 0 Å². The number of ketones is 1. The van der Waals surface area contributed by atoms with Crippen LogP contribution in [0, 0.1) is 6.92 Å². The predicted octanol–water partition coefficient (Wildman–Crippen LogP) is 5.44. The smallest absolute Gasteiger partial charge is 0.288 e. The molecule has 0 N–H and O–H groups in total. The molecule has 113 valence electrons. The molecule has 0 aromatic heterocycles. The first-order valence-corrected chi connectivity index (χ1v) is 6.86. The van der Waals surface area contributed by atoms with E-state index >= 15 is 0 Å². The van der Waals surface area contributed by atoms with Crippen molar-refractivity contribution in [3.8, 4) is 0 Å². The van der Waals surface area contributed by atoms with Crippen molar-refractivity contribution >= 4 is 5.78 Å². The number of hydrogen-bond acceptors (Lipinski definition) is 1. The zero-order valence-corrected chi connectivity index (χ0v) is 12.9. The SMILES string of the molecule is [CH2]C(F)(F)C(=O)C=C(C)CCC=C(C)CCC=C(C)C. The van der Waals surface area contributed by atoms with Gasteiger partial charge in [0.05, 0.1) is 0 Å². The number of hydrogen-bond donors (Lipinski definition) is 0. The fraction of sp³-hybridized carbons (Fsp3) is 0.529. The number of alkyl halides is 2. The minimum Gasteiger partial charge on any atom is -0.288 e. The van der Waals surface area contributed by atoms with Crippen molar-refractivity contribution in [3.05, 3.63) is 41.9 Å². The Morgan fingerprint density at radius 2 is 1.50 bits per heavy atom. The van der Waals surface area contributed by atoms with E-state index in [1.54, 1.807) is 6.92 Å². The van der Waals surface area contributed by atoms with Crippen LogP contribution in [0.4, 0.5) is 8.78 Å². The van der Waals surface area contributed by atoms with Crippen LogP contribution >= 0.6 is 0 Å². The van der Waals surface area contributed by atoms with E-state index in [1.807, 2.05) is 0 Å². The molecule has 1 nitrogen and oxygen atoms in total. The van der Waals surface area contributed by atoms with Crippen molar-refractivity contribution < 1.29 is 13.6 Å². The zero-order valence-electron chi connectivity index (χ0n) is 12.9. The van der Waals surface area contributed by atoms with Gasteiger partial charge in [-0.05, 0) is 59.5 Å². The van der Waals surface area contributed by atoms with Gasteiger partial charge in [0.1, 0.15) is 0 Å². The van der Waals surface area contributed by atoms with Crippen LogP contribution in [-0.4, -0.2) is 11.7 Å². The number of rotatable bonds is 8. The summed E-state index contributed by atoms with van der Waals surface area (Å²) in [6, 6.07) is 0. The standard InChI is InChI=1S/C17H25F2O/c1-13(2)8-6-9-14(3)10-7-11-15(4)12-16(20)17(5,18)19/h8,10,12H,5-7,9,11H2,1-4H3. The Kier molecular flexibility index (Phi) is 8.28. The van der Waals surface area contributed by atoms with Crippen LogP contribution < -0.4 is 0 Å². The molecule has 0 bridgehead atoms. The second-order valence-electron chi connectivity index (χ2n) is 5.47. The molecule has 0 aromatic carbocycles. The molecule has 0 aliphatic rings. The molecule has 1 radical (unpaired) electrons. The van der Waals surface area contributed by atoms with Gasteiger partial charge in [-0.3, -0.25) is 4.79 Å². The van der Waals surface area contributed by atoms with Gasteiger partial charge in [-0.25, -0.2) is 0 Å². The normalized spacial score (nSPS) is 13.3. The van der Waals surface area contributed by atoms with Gasteiger partial charge < -0.3 is 0 Å². The molecule has 0 rings (SSSR count). The molecule has 0 unspecified atom stereocenters. The Morgan fingerprint density at radius 3 is 2.00 bits per heavy atom. The first-order chi connectivity index (χ1) is 9.12. The van der Waals surface area contributed by atoms with Gasteiger partial charge in [0.2, 0.25) is 5.78 Å². The fourth-order valence-electron chi connectivity index (χ4n) is 1.64. The van der Waals surface area contributed by atoms with Crippen molar-refractivity contribution in [2.45, 2.75) is 59.3 Å². The monoisotopic (exact) mass is 283 g/mol. The lowest BCUT2D eigenvalue weighted by atomic mass is 10.0. The molecular formula is C17H25F2O. The Balaban J connectivity index is 4.19. The van der Waals surface area contributed by atoms with Gasteiger partial charge in [-0.1, -0.05) is 28.9 Å². The van der Waals surface area contributed by atoms with E-state index in [0.29, 0.717) is 12.0 Å². The molecule has 0 aliphatic carbocycles. The highest BCUT2D eigenvalue weighted by molar-refractivity contribution is 5.96. The summed E-state index contributed by atoms with van der Waals surface area (Å²) in [4.78, 5) is 11.1. The van der Waals surface area contributed by atoms with Crippen LogP contribution in [0.1, 0.15) is 53.4 Å². The molecule has 0 heterocycles. The molecule has 0 spiro atoms. The average Bonchev–Trinajstić information content (AvgIpc) is 2.26. The van der Waals surface area contributed by atoms with Crippen LogP contribution in [0.2, 0.25) is 0 Å². The Hall–Kier alpha value is -1.25. The zero-order chi connectivity index (χ0) is 15.8. The lowest BCUT2D eigenvalue weighted by molar-refractivity contribution is -0.132. The van der Waals surface area contributed by atoms with Crippen molar-refractivity contribution in [2.24, 2.45) is 0 Å². The average molecular weight is 283 g/mol. The first kappa shape index (κ1) is 18.8. The summed E-state index contributed by atoms with van der Waals surface area (Å²) in [7, 11) is 0. The summed E-state index contributed by atoms with van der Waals surface area (Å²) in [5.74, 6) is -4.74. The molecule has 0 fully saturated rings. The molecular weight excluding hydrogens is 258 g/mol. The third-order valence-corrected chi connectivity index (χ3v) is 2.86. The summed E-state index contributed by atoms with van der Waals surface area (Å²) in [6.45, 7) is 10.4. The largest absolute Gasteiger partial charge is 0.309 e. The molecule has 0 saturated heterocycles. The summed E-state index contributed by atoms with van der Waals surface area (Å²) < 4.78 is 25.2. The predicted molar refractivity (Wildman–Crippen MR) is 80.7 cm³/mol. The van der Waals surface area contributed by atoms with Gasteiger partial charge in [-0.2, -0.15) is 8.78 Å². The van der Waals surface area contributed by atoms with Crippen LogP contribution in [0.3, 0.4) is 0 Å². The van der Waals surface area contributed by atoms with Gasteiger partial charge in [0.25, 0.3) is 0 Å². The topological polar surface area (TPSA) is 17.1 Å². The van der Waals surface area contributed by atoms with Crippen LogP contribution in [0.25, 0.3) is 0 Å². The number of carbonyl (C=O) groups is 1. The van der Waals surface area contributed by atoms with E-state index in [0.717, 1.165) is 25.3 Å². The Bertz CT molecular complexity index is 405. The summed E-state index contributed by atoms with van der Waals surface area (Å²) in [6.07, 6.45) is 8.69. The Morgan fingerprint density at radius 1 is 1.00 bits per heavy atom. The summed E-state index contributed by atoms with van der Waals surface area (Å²) in [5.41, 5.74) is 3.25. The highest BCUT2D eigenvalue weighted by Gasteiger charge is 2.30. The van der Waals surface area contributed by atoms with E-state index in [-0.39, 0.29) is 0 Å². The lowest BCUT2D eigenvalue weighted by Crippen LogP contribution is -2.22. The third-order valence-electron chi connectivity index (χ3n) is 2.86. The van der Waals surface area contributed by atoms with E-state index in [4.69, 9.17) is 0 Å². The van der Waals surface area contributed by atoms with Crippen molar-refractivity contribution in [1.82, 2.24) is 0 Å². The van der Waals surface area contributed by atoms with Gasteiger partial charge in [0.15, 0.2) is 0 Å². The van der Waals surface area contributed by atoms with Gasteiger partial charge >= 0.3 is 5.92 Å². The highest BCUT2D eigenvalue weighted by Crippen LogP contribution is 2.16. The third kappa shape index (κ3) is 9.65. The first-order valence-electron chi connectivity index (χ1n) is 6.86. The maximum absolute atomic E-state index is 12.6. The summed E-state index contributed by atoms with van der Waals surface area (Å²) in [5, 5.41) is 0. The van der Waals surface area contributed by atoms with E-state index in [2.05, 4.69) is 39.8 Å². The molecule has 0 aliphatic heterocycles. The second-order valence-corrected chi connectivity index (χ2v) is 5.47. The molecule has 0 saturated carbocycles. The van der Waals surface area contributed by atoms with E-state index in [1.165, 1.54) is 11.1 Å². The maximum atomic E-state index is 12.6. The highest BCUT2D eigenvalue weighted by atomic mass is 19.3. The maximum Gasteiger partial charge on any atom is 0.309 e. The number of allylic oxidation sites excluding steroid dienone is 6. The van der Waals surface area contributed by atoms with E-state index < -0.39 is 11.7 Å². The molecule has 0 atom stereocenters. The van der Waals surface area contributed by atoms with Crippen molar-refractivity contribution in [2.75, 3.05) is 0 Å². The number of carbonyl (C=O) groups excluding carboxylic acids is 1. The minimum absolute atomic E-state index is 0.613. The quantitative estimate of drug-likeness (QED) is 0.428.